The van der Waals surface area contributed by atoms with E-state index in [2.05, 4.69) is 0 Å². The molecule has 2 saturated heterocycles. The molecule has 0 saturated carbocycles. The third-order valence-corrected chi connectivity index (χ3v) is 3.97. The van der Waals surface area contributed by atoms with Crippen molar-refractivity contribution in [1.29, 1.82) is 0 Å². The van der Waals surface area contributed by atoms with E-state index in [9.17, 15) is 9.59 Å². The van der Waals surface area contributed by atoms with E-state index < -0.39 is 0 Å². The third kappa shape index (κ3) is 3.02. The number of amides is 2. The van der Waals surface area contributed by atoms with Crippen LogP contribution in [0.15, 0.2) is 0 Å². The SMILES string of the molecule is NCC1CCCN1C(=O)CN1CCCCCC1=O. The molecule has 0 aromatic rings. The van der Waals surface area contributed by atoms with Crippen LogP contribution in [0, 0.1) is 0 Å². The normalized spacial score (nSPS) is 25.4. The van der Waals surface area contributed by atoms with Gasteiger partial charge in [0, 0.05) is 32.1 Å². The van der Waals surface area contributed by atoms with Gasteiger partial charge >= 0.3 is 0 Å². The van der Waals surface area contributed by atoms with Crippen molar-refractivity contribution < 1.29 is 9.59 Å². The Hall–Kier alpha value is -1.10. The molecule has 0 bridgehead atoms. The molecule has 2 N–H and O–H groups in total. The van der Waals surface area contributed by atoms with Gasteiger partial charge in [-0.15, -0.1) is 0 Å². The molecule has 2 aliphatic rings. The Morgan fingerprint density at radius 3 is 2.83 bits per heavy atom. The van der Waals surface area contributed by atoms with Crippen LogP contribution in [0.4, 0.5) is 0 Å². The maximum Gasteiger partial charge on any atom is 0.242 e. The molecule has 5 heteroatoms. The number of nitrogens with zero attached hydrogens (tertiary/aromatic N) is 2. The van der Waals surface area contributed by atoms with Gasteiger partial charge in [-0.25, -0.2) is 0 Å². The van der Waals surface area contributed by atoms with Crippen molar-refractivity contribution in [2.75, 3.05) is 26.2 Å². The molecule has 2 amide bonds. The second-order valence-corrected chi connectivity index (χ2v) is 5.24. The first-order chi connectivity index (χ1) is 8.72. The van der Waals surface area contributed by atoms with E-state index in [0.29, 0.717) is 13.0 Å². The molecule has 2 aliphatic heterocycles. The van der Waals surface area contributed by atoms with E-state index in [0.717, 1.165) is 45.2 Å². The van der Waals surface area contributed by atoms with E-state index in [1.54, 1.807) is 4.90 Å². The maximum absolute atomic E-state index is 12.2. The lowest BCUT2D eigenvalue weighted by atomic mass is 10.2. The van der Waals surface area contributed by atoms with E-state index in [1.165, 1.54) is 0 Å². The Labute approximate surface area is 108 Å². The van der Waals surface area contributed by atoms with Gasteiger partial charge in [0.1, 0.15) is 0 Å². The van der Waals surface area contributed by atoms with Crippen molar-refractivity contribution in [2.45, 2.75) is 44.6 Å². The zero-order chi connectivity index (χ0) is 13.0. The Kier molecular flexibility index (Phi) is 4.58. The minimum Gasteiger partial charge on any atom is -0.337 e. The van der Waals surface area contributed by atoms with Crippen LogP contribution in [-0.2, 0) is 9.59 Å². The molecule has 2 rings (SSSR count). The molecule has 1 unspecified atom stereocenters. The molecular formula is C13H23N3O2. The van der Waals surface area contributed by atoms with Gasteiger partial charge in [-0.1, -0.05) is 6.42 Å². The fraction of sp³-hybridized carbons (Fsp3) is 0.846. The predicted molar refractivity (Wildman–Crippen MR) is 68.8 cm³/mol. The highest BCUT2D eigenvalue weighted by atomic mass is 16.2. The van der Waals surface area contributed by atoms with Crippen molar-refractivity contribution in [3.8, 4) is 0 Å². The van der Waals surface area contributed by atoms with E-state index in [4.69, 9.17) is 5.73 Å². The van der Waals surface area contributed by atoms with Gasteiger partial charge in [-0.2, -0.15) is 0 Å². The van der Waals surface area contributed by atoms with Crippen LogP contribution in [0.2, 0.25) is 0 Å². The summed E-state index contributed by atoms with van der Waals surface area (Å²) in [7, 11) is 0. The van der Waals surface area contributed by atoms with Crippen molar-refractivity contribution in [3.63, 3.8) is 0 Å². The summed E-state index contributed by atoms with van der Waals surface area (Å²) >= 11 is 0. The monoisotopic (exact) mass is 253 g/mol. The second-order valence-electron chi connectivity index (χ2n) is 5.24. The number of carbonyl (C=O) groups is 2. The number of likely N-dealkylation sites (tertiary alicyclic amines) is 2. The molecule has 0 aromatic carbocycles. The molecule has 2 fully saturated rings. The lowest BCUT2D eigenvalue weighted by Gasteiger charge is -2.27. The van der Waals surface area contributed by atoms with Crippen LogP contribution >= 0.6 is 0 Å². The number of carbonyl (C=O) groups excluding carboxylic acids is 2. The summed E-state index contributed by atoms with van der Waals surface area (Å²) in [6, 6.07) is 0.180. The molecule has 102 valence electrons. The second kappa shape index (κ2) is 6.18. The minimum absolute atomic E-state index is 0.0678. The van der Waals surface area contributed by atoms with E-state index >= 15 is 0 Å². The summed E-state index contributed by atoms with van der Waals surface area (Å²) in [4.78, 5) is 27.6. The van der Waals surface area contributed by atoms with Crippen LogP contribution in [0.25, 0.3) is 0 Å². The number of hydrogen-bond acceptors (Lipinski definition) is 3. The van der Waals surface area contributed by atoms with Gasteiger partial charge in [0.15, 0.2) is 0 Å². The molecule has 0 aromatic heterocycles. The Morgan fingerprint density at radius 1 is 1.22 bits per heavy atom. The van der Waals surface area contributed by atoms with Crippen molar-refractivity contribution in [3.05, 3.63) is 0 Å². The fourth-order valence-corrected chi connectivity index (χ4v) is 2.87. The van der Waals surface area contributed by atoms with Gasteiger partial charge in [0.2, 0.25) is 11.8 Å². The average Bonchev–Trinajstić information content (AvgIpc) is 2.76. The maximum atomic E-state index is 12.2. The molecule has 2 heterocycles. The highest BCUT2D eigenvalue weighted by Crippen LogP contribution is 2.17. The van der Waals surface area contributed by atoms with Gasteiger partial charge in [-0.05, 0) is 25.7 Å². The van der Waals surface area contributed by atoms with Crippen molar-refractivity contribution >= 4 is 11.8 Å². The summed E-state index contributed by atoms with van der Waals surface area (Å²) in [6.07, 6.45) is 5.68. The summed E-state index contributed by atoms with van der Waals surface area (Å²) in [5, 5.41) is 0. The number of hydrogen-bond donors (Lipinski definition) is 1. The Morgan fingerprint density at radius 2 is 2.06 bits per heavy atom. The van der Waals surface area contributed by atoms with Gasteiger partial charge in [0.05, 0.1) is 6.54 Å². The van der Waals surface area contributed by atoms with Crippen molar-refractivity contribution in [2.24, 2.45) is 5.73 Å². The first-order valence-corrected chi connectivity index (χ1v) is 6.99. The zero-order valence-corrected chi connectivity index (χ0v) is 10.9. The van der Waals surface area contributed by atoms with Crippen LogP contribution in [0.3, 0.4) is 0 Å². The summed E-state index contributed by atoms with van der Waals surface area (Å²) < 4.78 is 0. The van der Waals surface area contributed by atoms with E-state index in [-0.39, 0.29) is 24.4 Å². The van der Waals surface area contributed by atoms with E-state index in [1.807, 2.05) is 4.90 Å². The molecular weight excluding hydrogens is 230 g/mol. The van der Waals surface area contributed by atoms with Crippen LogP contribution in [0.5, 0.6) is 0 Å². The minimum atomic E-state index is 0.0678. The standard InChI is InChI=1S/C13H23N3O2/c14-9-11-5-4-8-16(11)13(18)10-15-7-3-1-2-6-12(15)17/h11H,1-10,14H2. The predicted octanol–water partition coefficient (Wildman–Crippen LogP) is 0.339. The highest BCUT2D eigenvalue weighted by molar-refractivity contribution is 5.85. The van der Waals surface area contributed by atoms with Gasteiger partial charge in [-0.3, -0.25) is 9.59 Å². The molecule has 18 heavy (non-hydrogen) atoms. The summed E-state index contributed by atoms with van der Waals surface area (Å²) in [5.41, 5.74) is 5.67. The topological polar surface area (TPSA) is 66.6 Å². The summed E-state index contributed by atoms with van der Waals surface area (Å²) in [6.45, 7) is 2.30. The smallest absolute Gasteiger partial charge is 0.242 e. The molecule has 5 nitrogen and oxygen atoms in total. The number of rotatable bonds is 3. The van der Waals surface area contributed by atoms with Gasteiger partial charge < -0.3 is 15.5 Å². The Balaban J connectivity index is 1.91. The quantitative estimate of drug-likeness (QED) is 0.788. The van der Waals surface area contributed by atoms with Crippen LogP contribution < -0.4 is 5.73 Å². The number of nitrogens with two attached hydrogens (primary N) is 1. The highest BCUT2D eigenvalue weighted by Gasteiger charge is 2.29. The largest absolute Gasteiger partial charge is 0.337 e. The third-order valence-electron chi connectivity index (χ3n) is 3.97. The molecule has 0 aliphatic carbocycles. The first kappa shape index (κ1) is 13.3. The van der Waals surface area contributed by atoms with Crippen LogP contribution in [-0.4, -0.2) is 53.8 Å². The molecule has 0 spiro atoms. The fourth-order valence-electron chi connectivity index (χ4n) is 2.87. The van der Waals surface area contributed by atoms with Crippen molar-refractivity contribution in [1.82, 2.24) is 9.80 Å². The Bertz CT molecular complexity index is 319. The van der Waals surface area contributed by atoms with Crippen LogP contribution in [0.1, 0.15) is 38.5 Å². The zero-order valence-electron chi connectivity index (χ0n) is 10.9. The lowest BCUT2D eigenvalue weighted by Crippen LogP contribution is -2.46. The van der Waals surface area contributed by atoms with Gasteiger partial charge in [0.25, 0.3) is 0 Å². The first-order valence-electron chi connectivity index (χ1n) is 6.99. The molecule has 1 atom stereocenters. The molecule has 0 radical (unpaired) electrons. The lowest BCUT2D eigenvalue weighted by molar-refractivity contribution is -0.140. The summed E-state index contributed by atoms with van der Waals surface area (Å²) in [5.74, 6) is 0.197. The average molecular weight is 253 g/mol.